The Morgan fingerprint density at radius 2 is 1.00 bits per heavy atom. The van der Waals surface area contributed by atoms with Gasteiger partial charge in [0.1, 0.15) is 0 Å². The summed E-state index contributed by atoms with van der Waals surface area (Å²) in [5, 5.41) is 5.51. The van der Waals surface area contributed by atoms with Crippen molar-refractivity contribution in [3.05, 3.63) is 148 Å². The Kier molecular flexibility index (Phi) is 8.20. The maximum atomic E-state index is 2.76. The minimum Gasteiger partial charge on any atom is -0.375 e. The normalized spacial score (nSPS) is 14.5. The highest BCUT2D eigenvalue weighted by atomic mass is 15.0. The molecule has 3 heteroatoms. The predicted octanol–water partition coefficient (Wildman–Crippen LogP) is 15.6. The van der Waals surface area contributed by atoms with Crippen molar-refractivity contribution < 1.29 is 0 Å². The van der Waals surface area contributed by atoms with Crippen LogP contribution < -0.4 is 10.9 Å². The van der Waals surface area contributed by atoms with E-state index in [1.807, 2.05) is 0 Å². The van der Waals surface area contributed by atoms with Crippen molar-refractivity contribution in [3.8, 4) is 39.1 Å². The van der Waals surface area contributed by atoms with E-state index in [4.69, 9.17) is 0 Å². The Hall–Kier alpha value is -5.80. The Morgan fingerprint density at radius 1 is 0.409 bits per heavy atom. The van der Waals surface area contributed by atoms with Crippen LogP contribution in [0.5, 0.6) is 0 Å². The van der Waals surface area contributed by atoms with Crippen LogP contribution in [0.15, 0.2) is 109 Å². The fourth-order valence-corrected chi connectivity index (χ4v) is 12.2. The lowest BCUT2D eigenvalue weighted by Gasteiger charge is -2.34. The fraction of sp³-hybridized carbons (Fsp3) is 0.333. The molecule has 2 nitrogen and oxygen atoms in total. The second-order valence-corrected chi connectivity index (χ2v) is 25.5. The zero-order valence-electron chi connectivity index (χ0n) is 42.1. The van der Waals surface area contributed by atoms with Crippen LogP contribution in [0.25, 0.3) is 82.7 Å². The third kappa shape index (κ3) is 5.74. The molecule has 7 aromatic carbocycles. The first kappa shape index (κ1) is 41.6. The molecule has 2 aliphatic heterocycles. The van der Waals surface area contributed by atoms with Crippen molar-refractivity contribution in [1.29, 1.82) is 0 Å². The minimum absolute atomic E-state index is 0.00938. The monoisotopic (exact) mass is 861 g/mol. The van der Waals surface area contributed by atoms with E-state index in [1.165, 1.54) is 133 Å². The maximum Gasteiger partial charge on any atom is 0.333 e. The van der Waals surface area contributed by atoms with Crippen LogP contribution in [-0.4, -0.2) is 15.9 Å². The Morgan fingerprint density at radius 3 is 1.67 bits per heavy atom. The van der Waals surface area contributed by atoms with Crippen LogP contribution in [0.4, 0.5) is 0 Å². The van der Waals surface area contributed by atoms with E-state index in [0.717, 1.165) is 6.42 Å². The second kappa shape index (κ2) is 13.0. The number of rotatable bonds is 1. The smallest absolute Gasteiger partial charge is 0.333 e. The zero-order valence-corrected chi connectivity index (χ0v) is 42.1. The molecule has 0 fully saturated rings. The van der Waals surface area contributed by atoms with Crippen molar-refractivity contribution in [1.82, 2.24) is 9.05 Å². The highest BCUT2D eigenvalue weighted by Crippen LogP contribution is 2.51. The molecule has 0 saturated heterocycles. The van der Waals surface area contributed by atoms with Crippen LogP contribution in [-0.2, 0) is 33.5 Å². The lowest BCUT2D eigenvalue weighted by Crippen LogP contribution is -2.55. The number of hydrogen-bond donors (Lipinski definition) is 0. The second-order valence-electron chi connectivity index (χ2n) is 25.5. The molecule has 66 heavy (non-hydrogen) atoms. The lowest BCUT2D eigenvalue weighted by atomic mass is 9.45. The SMILES string of the molecule is CC(C)(C)c1ccc(-c2ccc3c(c2)B2c4c(ccc5c6c7c(ccc6n-3c45)-c3cc(C(C)(C)C)cc(C(C)(C)C)c3C7)-c3cc(C(C)(C)C)cc4c5cc(C(C)(C)C)ccc5n2c34)cc1. The van der Waals surface area contributed by atoms with Crippen molar-refractivity contribution >= 4 is 61.4 Å². The van der Waals surface area contributed by atoms with E-state index in [1.54, 1.807) is 0 Å². The molecule has 4 heterocycles. The van der Waals surface area contributed by atoms with E-state index in [9.17, 15) is 0 Å². The van der Waals surface area contributed by atoms with Gasteiger partial charge in [-0.15, -0.1) is 0 Å². The third-order valence-corrected chi connectivity index (χ3v) is 15.9. The van der Waals surface area contributed by atoms with E-state index in [0.29, 0.717) is 0 Å². The molecule has 1 aliphatic carbocycles. The van der Waals surface area contributed by atoms with Crippen LogP contribution in [0.2, 0.25) is 0 Å². The summed E-state index contributed by atoms with van der Waals surface area (Å²) in [5.74, 6) is 0. The third-order valence-electron chi connectivity index (χ3n) is 15.9. The molecule has 0 bridgehead atoms. The van der Waals surface area contributed by atoms with Gasteiger partial charge in [-0.1, -0.05) is 177 Å². The Bertz CT molecular complexity index is 3610. The molecule has 12 rings (SSSR count). The van der Waals surface area contributed by atoms with Gasteiger partial charge in [0.25, 0.3) is 0 Å². The molecule has 330 valence electrons. The molecule has 0 N–H and O–H groups in total. The summed E-state index contributed by atoms with van der Waals surface area (Å²) in [5.41, 5.74) is 27.7. The predicted molar refractivity (Wildman–Crippen MR) is 287 cm³/mol. The molecule has 3 aliphatic rings. The summed E-state index contributed by atoms with van der Waals surface area (Å²) in [4.78, 5) is 0. The zero-order chi connectivity index (χ0) is 46.5. The molecule has 0 radical (unpaired) electrons. The van der Waals surface area contributed by atoms with Gasteiger partial charge in [0.15, 0.2) is 0 Å². The van der Waals surface area contributed by atoms with Crippen LogP contribution in [0.3, 0.4) is 0 Å². The van der Waals surface area contributed by atoms with Crippen LogP contribution in [0, 0.1) is 0 Å². The first-order valence-electron chi connectivity index (χ1n) is 24.6. The van der Waals surface area contributed by atoms with Crippen molar-refractivity contribution in [2.45, 2.75) is 137 Å². The van der Waals surface area contributed by atoms with Crippen LogP contribution >= 0.6 is 0 Å². The number of benzene rings is 7. The van der Waals surface area contributed by atoms with Gasteiger partial charge in [-0.2, -0.15) is 0 Å². The van der Waals surface area contributed by atoms with Gasteiger partial charge < -0.3 is 9.05 Å². The molecule has 2 aromatic heterocycles. The Labute approximate surface area is 393 Å². The van der Waals surface area contributed by atoms with Crippen molar-refractivity contribution in [3.63, 3.8) is 0 Å². The van der Waals surface area contributed by atoms with Crippen molar-refractivity contribution in [2.75, 3.05) is 0 Å². The average molecular weight is 861 g/mol. The molecule has 0 atom stereocenters. The number of fused-ring (bicyclic) bond motifs is 15. The summed E-state index contributed by atoms with van der Waals surface area (Å²) in [6.07, 6.45) is 0.950. The first-order valence-corrected chi connectivity index (χ1v) is 24.6. The average Bonchev–Trinajstić information content (AvgIpc) is 3.90. The van der Waals surface area contributed by atoms with E-state index in [2.05, 4.69) is 222 Å². The Balaban J connectivity index is 1.21. The lowest BCUT2D eigenvalue weighted by molar-refractivity contribution is 0.565. The van der Waals surface area contributed by atoms with E-state index >= 15 is 0 Å². The molecule has 0 saturated carbocycles. The van der Waals surface area contributed by atoms with Crippen LogP contribution in [0.1, 0.15) is 143 Å². The van der Waals surface area contributed by atoms with E-state index < -0.39 is 0 Å². The van der Waals surface area contributed by atoms with Gasteiger partial charge in [-0.3, -0.25) is 0 Å². The first-order chi connectivity index (χ1) is 30.9. The fourth-order valence-electron chi connectivity index (χ4n) is 12.2. The topological polar surface area (TPSA) is 9.86 Å². The molecule has 0 spiro atoms. The minimum atomic E-state index is -0.0216. The van der Waals surface area contributed by atoms with Crippen molar-refractivity contribution in [2.24, 2.45) is 0 Å². The standard InChI is InChI=1S/C63H65BN2/c1-59(2,3)37-19-16-35(17-20-37)36-18-25-53-51(28-36)64-56-42(48-31-39(61(7,8)9)32-49-46-29-38(60(4,5)6)21-26-52(46)66(64)57(48)49)22-23-43-55-47-34-45-44(41(47)24-27-54(55)65(53)58(43)56)30-40(62(10,11)12)33-50(45)63(13,14)15/h16-33H,34H2,1-15H3. The number of hydrogen-bond acceptors (Lipinski definition) is 0. The maximum absolute atomic E-state index is 2.76. The summed E-state index contributed by atoms with van der Waals surface area (Å²) in [7, 11) is 0. The van der Waals surface area contributed by atoms with E-state index in [-0.39, 0.29) is 33.9 Å². The summed E-state index contributed by atoms with van der Waals surface area (Å²) < 4.78 is 5.44. The number of nitrogens with zero attached hydrogens (tertiary/aromatic N) is 2. The van der Waals surface area contributed by atoms with Gasteiger partial charge in [0.2, 0.25) is 0 Å². The molecule has 9 aromatic rings. The summed E-state index contributed by atoms with van der Waals surface area (Å²) >= 11 is 0. The number of aromatic nitrogens is 2. The largest absolute Gasteiger partial charge is 0.375 e. The molecular formula is C63H65BN2. The quantitative estimate of drug-likeness (QED) is 0.146. The molecule has 0 unspecified atom stereocenters. The highest BCUT2D eigenvalue weighted by Gasteiger charge is 2.43. The van der Waals surface area contributed by atoms with Gasteiger partial charge in [-0.05, 0) is 148 Å². The summed E-state index contributed by atoms with van der Waals surface area (Å²) in [6.45, 7) is 35.3. The van der Waals surface area contributed by atoms with Gasteiger partial charge >= 0.3 is 6.85 Å². The molecule has 0 amide bonds. The van der Waals surface area contributed by atoms with Gasteiger partial charge in [0, 0.05) is 43.8 Å². The highest BCUT2D eigenvalue weighted by molar-refractivity contribution is 6.90. The van der Waals surface area contributed by atoms with Gasteiger partial charge in [0.05, 0.1) is 11.0 Å². The molecular weight excluding hydrogens is 796 g/mol. The van der Waals surface area contributed by atoms with Gasteiger partial charge in [-0.25, -0.2) is 0 Å². The summed E-state index contributed by atoms with van der Waals surface area (Å²) in [6, 6.07) is 44.2.